The zero-order valence-corrected chi connectivity index (χ0v) is 10.5. The molecule has 1 atom stereocenters. The minimum atomic E-state index is 0.256. The van der Waals surface area contributed by atoms with E-state index in [9.17, 15) is 0 Å². The van der Waals surface area contributed by atoms with Crippen LogP contribution < -0.4 is 0 Å². The second kappa shape index (κ2) is 6.15. The fraction of sp³-hybridized carbons (Fsp3) is 0.571. The summed E-state index contributed by atoms with van der Waals surface area (Å²) in [4.78, 5) is 4.76. The van der Waals surface area contributed by atoms with Crippen LogP contribution in [0.1, 0.15) is 12.0 Å². The van der Waals surface area contributed by atoms with E-state index in [-0.39, 0.29) is 6.61 Å². The molecule has 1 saturated heterocycles. The fourth-order valence-corrected chi connectivity index (χ4v) is 2.50. The van der Waals surface area contributed by atoms with Crippen molar-refractivity contribution in [3.8, 4) is 0 Å². The Morgan fingerprint density at radius 3 is 2.82 bits per heavy atom. The second-order valence-corrected chi connectivity index (χ2v) is 4.87. The minimum absolute atomic E-state index is 0.256. The Bertz CT molecular complexity index is 328. The molecule has 0 aromatic heterocycles. The lowest BCUT2D eigenvalue weighted by Crippen LogP contribution is -2.36. The third kappa shape index (κ3) is 3.53. The van der Waals surface area contributed by atoms with Crippen molar-refractivity contribution in [3.63, 3.8) is 0 Å². The van der Waals surface area contributed by atoms with E-state index in [1.54, 1.807) is 0 Å². The average Bonchev–Trinajstić information content (AvgIpc) is 2.79. The van der Waals surface area contributed by atoms with Crippen LogP contribution in [0.3, 0.4) is 0 Å². The molecule has 3 nitrogen and oxygen atoms in total. The normalized spacial score (nSPS) is 21.2. The molecule has 0 bridgehead atoms. The standard InChI is InChI=1S/C14H22N2O/c1-15(9-10-17)14-7-8-16(12-14)11-13-5-3-2-4-6-13/h2-6,14,17H,7-12H2,1H3. The molecular formula is C14H22N2O. The first-order valence-electron chi connectivity index (χ1n) is 6.37. The van der Waals surface area contributed by atoms with E-state index in [1.807, 2.05) is 0 Å². The maximum Gasteiger partial charge on any atom is 0.0558 e. The number of benzene rings is 1. The topological polar surface area (TPSA) is 26.7 Å². The maximum absolute atomic E-state index is 8.94. The first kappa shape index (κ1) is 12.6. The van der Waals surface area contributed by atoms with E-state index in [4.69, 9.17) is 5.11 Å². The van der Waals surface area contributed by atoms with Gasteiger partial charge in [-0.15, -0.1) is 0 Å². The van der Waals surface area contributed by atoms with Gasteiger partial charge in [-0.3, -0.25) is 9.80 Å². The molecule has 1 heterocycles. The van der Waals surface area contributed by atoms with Gasteiger partial charge in [-0.05, 0) is 19.0 Å². The van der Waals surface area contributed by atoms with Crippen LogP contribution in [0.15, 0.2) is 30.3 Å². The van der Waals surface area contributed by atoms with Crippen molar-refractivity contribution in [3.05, 3.63) is 35.9 Å². The maximum atomic E-state index is 8.94. The second-order valence-electron chi connectivity index (χ2n) is 4.87. The Morgan fingerprint density at radius 2 is 2.12 bits per heavy atom. The predicted molar refractivity (Wildman–Crippen MR) is 69.8 cm³/mol. The van der Waals surface area contributed by atoms with Crippen LogP contribution in [0.5, 0.6) is 0 Å². The van der Waals surface area contributed by atoms with Crippen LogP contribution in [-0.4, -0.2) is 54.2 Å². The summed E-state index contributed by atoms with van der Waals surface area (Å²) in [6, 6.07) is 11.2. The van der Waals surface area contributed by atoms with Gasteiger partial charge in [-0.1, -0.05) is 30.3 Å². The van der Waals surface area contributed by atoms with Gasteiger partial charge in [-0.2, -0.15) is 0 Å². The third-order valence-corrected chi connectivity index (χ3v) is 3.57. The Kier molecular flexibility index (Phi) is 4.54. The van der Waals surface area contributed by atoms with Crippen molar-refractivity contribution in [1.29, 1.82) is 0 Å². The highest BCUT2D eigenvalue weighted by Crippen LogP contribution is 2.16. The number of likely N-dealkylation sites (tertiary alicyclic amines) is 1. The van der Waals surface area contributed by atoms with E-state index < -0.39 is 0 Å². The van der Waals surface area contributed by atoms with E-state index in [0.717, 1.165) is 26.2 Å². The van der Waals surface area contributed by atoms with Crippen LogP contribution in [0.25, 0.3) is 0 Å². The van der Waals surface area contributed by atoms with Crippen LogP contribution in [0, 0.1) is 0 Å². The third-order valence-electron chi connectivity index (χ3n) is 3.57. The molecule has 0 saturated carbocycles. The van der Waals surface area contributed by atoms with Crippen molar-refractivity contribution in [2.75, 3.05) is 33.3 Å². The van der Waals surface area contributed by atoms with E-state index in [1.165, 1.54) is 12.0 Å². The molecular weight excluding hydrogens is 212 g/mol. The molecule has 0 aliphatic carbocycles. The number of likely N-dealkylation sites (N-methyl/N-ethyl adjacent to an activating group) is 1. The smallest absolute Gasteiger partial charge is 0.0558 e. The lowest BCUT2D eigenvalue weighted by molar-refractivity contribution is 0.177. The van der Waals surface area contributed by atoms with Gasteiger partial charge in [0.2, 0.25) is 0 Å². The van der Waals surface area contributed by atoms with E-state index in [0.29, 0.717) is 6.04 Å². The highest BCUT2D eigenvalue weighted by Gasteiger charge is 2.25. The molecule has 1 fully saturated rings. The Hall–Kier alpha value is -0.900. The quantitative estimate of drug-likeness (QED) is 0.829. The minimum Gasteiger partial charge on any atom is -0.395 e. The summed E-state index contributed by atoms with van der Waals surface area (Å²) < 4.78 is 0. The van der Waals surface area contributed by atoms with Crippen molar-refractivity contribution < 1.29 is 5.11 Å². The molecule has 0 radical (unpaired) electrons. The molecule has 1 aliphatic heterocycles. The van der Waals surface area contributed by atoms with E-state index >= 15 is 0 Å². The van der Waals surface area contributed by atoms with Gasteiger partial charge in [-0.25, -0.2) is 0 Å². The van der Waals surface area contributed by atoms with Crippen molar-refractivity contribution in [2.45, 2.75) is 19.0 Å². The lowest BCUT2D eigenvalue weighted by Gasteiger charge is -2.23. The van der Waals surface area contributed by atoms with Gasteiger partial charge < -0.3 is 5.11 Å². The fourth-order valence-electron chi connectivity index (χ4n) is 2.50. The van der Waals surface area contributed by atoms with Gasteiger partial charge in [0.15, 0.2) is 0 Å². The molecule has 1 unspecified atom stereocenters. The summed E-state index contributed by atoms with van der Waals surface area (Å²) in [5.41, 5.74) is 1.39. The Morgan fingerprint density at radius 1 is 1.35 bits per heavy atom. The molecule has 1 aromatic carbocycles. The zero-order valence-electron chi connectivity index (χ0n) is 10.5. The van der Waals surface area contributed by atoms with Crippen LogP contribution in [0.2, 0.25) is 0 Å². The summed E-state index contributed by atoms with van der Waals surface area (Å²) in [6.07, 6.45) is 1.21. The monoisotopic (exact) mass is 234 g/mol. The summed E-state index contributed by atoms with van der Waals surface area (Å²) in [6.45, 7) is 4.36. The Labute approximate surface area is 104 Å². The number of aliphatic hydroxyl groups excluding tert-OH is 1. The number of nitrogens with zero attached hydrogens (tertiary/aromatic N) is 2. The molecule has 2 rings (SSSR count). The number of aliphatic hydroxyl groups is 1. The molecule has 0 amide bonds. The summed E-state index contributed by atoms with van der Waals surface area (Å²) in [5.74, 6) is 0. The average molecular weight is 234 g/mol. The van der Waals surface area contributed by atoms with Crippen LogP contribution in [0.4, 0.5) is 0 Å². The van der Waals surface area contributed by atoms with Gasteiger partial charge in [0.1, 0.15) is 0 Å². The molecule has 0 spiro atoms. The lowest BCUT2D eigenvalue weighted by atomic mass is 10.2. The highest BCUT2D eigenvalue weighted by atomic mass is 16.3. The first-order valence-corrected chi connectivity index (χ1v) is 6.37. The molecule has 1 aromatic rings. The van der Waals surface area contributed by atoms with Crippen LogP contribution >= 0.6 is 0 Å². The summed E-state index contributed by atoms with van der Waals surface area (Å²) >= 11 is 0. The molecule has 94 valence electrons. The van der Waals surface area contributed by atoms with Crippen molar-refractivity contribution in [2.24, 2.45) is 0 Å². The summed E-state index contributed by atoms with van der Waals surface area (Å²) in [5, 5.41) is 8.94. The Balaban J connectivity index is 1.82. The summed E-state index contributed by atoms with van der Waals surface area (Å²) in [7, 11) is 2.10. The van der Waals surface area contributed by atoms with Gasteiger partial charge in [0.05, 0.1) is 6.61 Å². The van der Waals surface area contributed by atoms with Gasteiger partial charge in [0, 0.05) is 32.2 Å². The van der Waals surface area contributed by atoms with Crippen molar-refractivity contribution >= 4 is 0 Å². The van der Waals surface area contributed by atoms with Crippen LogP contribution in [-0.2, 0) is 6.54 Å². The van der Waals surface area contributed by atoms with Crippen molar-refractivity contribution in [1.82, 2.24) is 9.80 Å². The number of rotatable bonds is 5. The number of hydrogen-bond donors (Lipinski definition) is 1. The molecule has 3 heteroatoms. The molecule has 1 N–H and O–H groups in total. The molecule has 1 aliphatic rings. The first-order chi connectivity index (χ1) is 8.29. The SMILES string of the molecule is CN(CCO)C1CCN(Cc2ccccc2)C1. The molecule has 17 heavy (non-hydrogen) atoms. The van der Waals surface area contributed by atoms with Gasteiger partial charge in [0.25, 0.3) is 0 Å². The zero-order chi connectivity index (χ0) is 12.1. The predicted octanol–water partition coefficient (Wildman–Crippen LogP) is 1.18. The van der Waals surface area contributed by atoms with Gasteiger partial charge >= 0.3 is 0 Å². The number of hydrogen-bond acceptors (Lipinski definition) is 3. The largest absolute Gasteiger partial charge is 0.395 e. The highest BCUT2D eigenvalue weighted by molar-refractivity contribution is 5.14. The van der Waals surface area contributed by atoms with E-state index in [2.05, 4.69) is 47.2 Å².